The number of aryl methyl sites for hydroxylation is 1. The maximum atomic E-state index is 12.0. The van der Waals surface area contributed by atoms with Gasteiger partial charge in [0.05, 0.1) is 6.20 Å². The van der Waals surface area contributed by atoms with E-state index in [1.165, 1.54) is 19.3 Å². The minimum atomic E-state index is -0.302. The standard InChI is InChI=1S/C12H20N4O/c1-13-11(10-7-15-16(2)8-10)12(17)14-6-9-4-3-5-9/h7-9,11,13H,3-6H2,1-2H3,(H,14,17). The molecule has 0 bridgehead atoms. The Hall–Kier alpha value is -1.36. The number of carbonyl (C=O) groups excluding carboxylic acids is 1. The van der Waals surface area contributed by atoms with Crippen molar-refractivity contribution in [3.63, 3.8) is 0 Å². The lowest BCUT2D eigenvalue weighted by Gasteiger charge is -2.26. The second-order valence-corrected chi connectivity index (χ2v) is 4.71. The molecule has 1 unspecified atom stereocenters. The molecule has 17 heavy (non-hydrogen) atoms. The van der Waals surface area contributed by atoms with Gasteiger partial charge in [-0.3, -0.25) is 9.48 Å². The van der Waals surface area contributed by atoms with Gasteiger partial charge in [-0.15, -0.1) is 0 Å². The van der Waals surface area contributed by atoms with E-state index in [-0.39, 0.29) is 11.9 Å². The first kappa shape index (κ1) is 12.1. The Bertz CT molecular complexity index is 384. The van der Waals surface area contributed by atoms with E-state index in [9.17, 15) is 4.79 Å². The summed E-state index contributed by atoms with van der Waals surface area (Å²) in [6.07, 6.45) is 7.39. The number of amides is 1. The third-order valence-electron chi connectivity index (χ3n) is 3.40. The van der Waals surface area contributed by atoms with E-state index in [0.29, 0.717) is 5.92 Å². The number of nitrogens with zero attached hydrogens (tertiary/aromatic N) is 2. The van der Waals surface area contributed by atoms with Crippen LogP contribution in [0.2, 0.25) is 0 Å². The van der Waals surface area contributed by atoms with Crippen LogP contribution in [0.4, 0.5) is 0 Å². The van der Waals surface area contributed by atoms with Crippen LogP contribution in [-0.2, 0) is 11.8 Å². The van der Waals surface area contributed by atoms with Gasteiger partial charge in [0.2, 0.25) is 5.91 Å². The molecule has 1 fully saturated rings. The molecular weight excluding hydrogens is 216 g/mol. The quantitative estimate of drug-likeness (QED) is 0.787. The van der Waals surface area contributed by atoms with Gasteiger partial charge in [-0.25, -0.2) is 0 Å². The molecule has 0 spiro atoms. The van der Waals surface area contributed by atoms with Gasteiger partial charge in [0.15, 0.2) is 0 Å². The summed E-state index contributed by atoms with van der Waals surface area (Å²) < 4.78 is 1.71. The van der Waals surface area contributed by atoms with Crippen molar-refractivity contribution in [2.75, 3.05) is 13.6 Å². The Morgan fingerprint density at radius 1 is 1.65 bits per heavy atom. The van der Waals surface area contributed by atoms with Crippen molar-refractivity contribution in [3.8, 4) is 0 Å². The minimum Gasteiger partial charge on any atom is -0.354 e. The lowest BCUT2D eigenvalue weighted by Crippen LogP contribution is -2.39. The predicted molar refractivity (Wildman–Crippen MR) is 65.4 cm³/mol. The number of aromatic nitrogens is 2. The fraction of sp³-hybridized carbons (Fsp3) is 0.667. The summed E-state index contributed by atoms with van der Waals surface area (Å²) in [4.78, 5) is 12.0. The van der Waals surface area contributed by atoms with Crippen LogP contribution in [-0.4, -0.2) is 29.3 Å². The van der Waals surface area contributed by atoms with E-state index < -0.39 is 0 Å². The smallest absolute Gasteiger partial charge is 0.241 e. The monoisotopic (exact) mass is 236 g/mol. The van der Waals surface area contributed by atoms with Crippen LogP contribution in [0, 0.1) is 5.92 Å². The van der Waals surface area contributed by atoms with E-state index in [2.05, 4.69) is 15.7 Å². The SMILES string of the molecule is CNC(C(=O)NCC1CCC1)c1cnn(C)c1. The molecule has 0 aliphatic heterocycles. The fourth-order valence-electron chi connectivity index (χ4n) is 2.08. The largest absolute Gasteiger partial charge is 0.354 e. The van der Waals surface area contributed by atoms with Gasteiger partial charge < -0.3 is 10.6 Å². The zero-order valence-electron chi connectivity index (χ0n) is 10.4. The summed E-state index contributed by atoms with van der Waals surface area (Å²) in [5.41, 5.74) is 0.904. The molecule has 5 heteroatoms. The molecule has 1 aliphatic carbocycles. The van der Waals surface area contributed by atoms with Gasteiger partial charge in [0.25, 0.3) is 0 Å². The number of nitrogens with one attached hydrogen (secondary N) is 2. The number of carbonyl (C=O) groups is 1. The normalized spacial score (nSPS) is 17.5. The zero-order valence-corrected chi connectivity index (χ0v) is 10.4. The minimum absolute atomic E-state index is 0.0346. The Labute approximate surface area is 102 Å². The Balaban J connectivity index is 1.90. The van der Waals surface area contributed by atoms with Gasteiger partial charge >= 0.3 is 0 Å². The number of likely N-dealkylation sites (N-methyl/N-ethyl adjacent to an activating group) is 1. The summed E-state index contributed by atoms with van der Waals surface area (Å²) >= 11 is 0. The molecule has 1 aromatic rings. The molecule has 1 heterocycles. The first-order chi connectivity index (χ1) is 8.20. The molecule has 1 saturated carbocycles. The lowest BCUT2D eigenvalue weighted by atomic mass is 9.85. The third-order valence-corrected chi connectivity index (χ3v) is 3.40. The molecule has 0 aromatic carbocycles. The van der Waals surface area contributed by atoms with Crippen molar-refractivity contribution in [3.05, 3.63) is 18.0 Å². The summed E-state index contributed by atoms with van der Waals surface area (Å²) in [7, 11) is 3.64. The van der Waals surface area contributed by atoms with Crippen LogP contribution in [0.25, 0.3) is 0 Å². The number of rotatable bonds is 5. The van der Waals surface area contributed by atoms with Gasteiger partial charge in [-0.1, -0.05) is 6.42 Å². The van der Waals surface area contributed by atoms with E-state index in [4.69, 9.17) is 0 Å². The third kappa shape index (κ3) is 2.85. The summed E-state index contributed by atoms with van der Waals surface area (Å²) in [5.74, 6) is 0.720. The molecule has 0 radical (unpaired) electrons. The van der Waals surface area contributed by atoms with Crippen molar-refractivity contribution in [2.24, 2.45) is 13.0 Å². The van der Waals surface area contributed by atoms with Crippen molar-refractivity contribution in [1.29, 1.82) is 0 Å². The zero-order chi connectivity index (χ0) is 12.3. The van der Waals surface area contributed by atoms with Crippen molar-refractivity contribution >= 4 is 5.91 Å². The van der Waals surface area contributed by atoms with Crippen LogP contribution < -0.4 is 10.6 Å². The topological polar surface area (TPSA) is 59.0 Å². The molecular formula is C12H20N4O. The number of hydrogen-bond donors (Lipinski definition) is 2. The van der Waals surface area contributed by atoms with Gasteiger partial charge in [-0.2, -0.15) is 5.10 Å². The molecule has 1 atom stereocenters. The van der Waals surface area contributed by atoms with Gasteiger partial charge in [0.1, 0.15) is 6.04 Å². The van der Waals surface area contributed by atoms with Crippen LogP contribution in [0.3, 0.4) is 0 Å². The molecule has 2 rings (SSSR count). The van der Waals surface area contributed by atoms with Crippen LogP contribution in [0.1, 0.15) is 30.9 Å². The first-order valence-corrected chi connectivity index (χ1v) is 6.14. The van der Waals surface area contributed by atoms with E-state index in [0.717, 1.165) is 12.1 Å². The first-order valence-electron chi connectivity index (χ1n) is 6.14. The summed E-state index contributed by atoms with van der Waals surface area (Å²) in [6.45, 7) is 0.803. The predicted octanol–water partition coefficient (Wildman–Crippen LogP) is 0.597. The molecule has 2 N–H and O–H groups in total. The van der Waals surface area contributed by atoms with Crippen LogP contribution >= 0.6 is 0 Å². The van der Waals surface area contributed by atoms with E-state index in [1.54, 1.807) is 17.9 Å². The van der Waals surface area contributed by atoms with Crippen LogP contribution in [0.15, 0.2) is 12.4 Å². The molecule has 0 saturated heterocycles. The van der Waals surface area contributed by atoms with Crippen molar-refractivity contribution in [1.82, 2.24) is 20.4 Å². The number of hydrogen-bond acceptors (Lipinski definition) is 3. The fourth-order valence-corrected chi connectivity index (χ4v) is 2.08. The van der Waals surface area contributed by atoms with Crippen LogP contribution in [0.5, 0.6) is 0 Å². The summed E-state index contributed by atoms with van der Waals surface area (Å²) in [6, 6.07) is -0.302. The maximum Gasteiger partial charge on any atom is 0.241 e. The highest BCUT2D eigenvalue weighted by atomic mass is 16.2. The molecule has 1 amide bonds. The summed E-state index contributed by atoms with van der Waals surface area (Å²) in [5, 5.41) is 10.1. The van der Waals surface area contributed by atoms with Crippen molar-refractivity contribution in [2.45, 2.75) is 25.3 Å². The Morgan fingerprint density at radius 2 is 2.41 bits per heavy atom. The van der Waals surface area contributed by atoms with Gasteiger partial charge in [-0.05, 0) is 25.8 Å². The molecule has 5 nitrogen and oxygen atoms in total. The Morgan fingerprint density at radius 3 is 2.88 bits per heavy atom. The second-order valence-electron chi connectivity index (χ2n) is 4.71. The van der Waals surface area contributed by atoms with Crippen molar-refractivity contribution < 1.29 is 4.79 Å². The molecule has 1 aromatic heterocycles. The van der Waals surface area contributed by atoms with E-state index in [1.807, 2.05) is 13.2 Å². The lowest BCUT2D eigenvalue weighted by molar-refractivity contribution is -0.123. The average molecular weight is 236 g/mol. The highest BCUT2D eigenvalue weighted by Crippen LogP contribution is 2.25. The average Bonchev–Trinajstić information content (AvgIpc) is 2.64. The molecule has 1 aliphatic rings. The maximum absolute atomic E-state index is 12.0. The molecule has 94 valence electrons. The highest BCUT2D eigenvalue weighted by molar-refractivity contribution is 5.83. The Kier molecular flexibility index (Phi) is 3.78. The van der Waals surface area contributed by atoms with E-state index >= 15 is 0 Å². The van der Waals surface area contributed by atoms with Gasteiger partial charge in [0, 0.05) is 25.4 Å². The second kappa shape index (κ2) is 5.31. The highest BCUT2D eigenvalue weighted by Gasteiger charge is 2.22.